The maximum Gasteiger partial charge on any atom is 0.191 e. The molecule has 1 aromatic heterocycles. The second-order valence-corrected chi connectivity index (χ2v) is 7.55. The maximum atomic E-state index is 5.76. The van der Waals surface area contributed by atoms with E-state index in [2.05, 4.69) is 51.4 Å². The Morgan fingerprint density at radius 3 is 2.94 bits per heavy atom. The summed E-state index contributed by atoms with van der Waals surface area (Å²) in [6, 6.07) is 10.5. The highest BCUT2D eigenvalue weighted by Gasteiger charge is 2.15. The molecule has 1 atom stereocenters. The molecule has 0 aliphatic carbocycles. The highest BCUT2D eigenvalue weighted by molar-refractivity contribution is 14.0. The fraction of sp³-hybridized carbons (Fsp3) is 0.565. The van der Waals surface area contributed by atoms with Crippen LogP contribution < -0.4 is 10.6 Å². The van der Waals surface area contributed by atoms with Crippen LogP contribution in [0.5, 0.6) is 0 Å². The molecule has 0 bridgehead atoms. The molecule has 1 saturated heterocycles. The molecular weight excluding hydrogens is 505 g/mol. The SMILES string of the molecule is CCNC(=NCc1nccn1CCc1ccccc1)NCCCOCC1CCOC1.I. The van der Waals surface area contributed by atoms with Crippen molar-refractivity contribution < 1.29 is 9.47 Å². The summed E-state index contributed by atoms with van der Waals surface area (Å²) in [5.41, 5.74) is 1.33. The van der Waals surface area contributed by atoms with Crippen LogP contribution in [0.1, 0.15) is 31.2 Å². The molecule has 1 fully saturated rings. The molecule has 1 aromatic carbocycles. The fourth-order valence-electron chi connectivity index (χ4n) is 3.43. The minimum Gasteiger partial charge on any atom is -0.381 e. The van der Waals surface area contributed by atoms with Gasteiger partial charge >= 0.3 is 0 Å². The molecule has 1 aliphatic rings. The topological polar surface area (TPSA) is 72.7 Å². The van der Waals surface area contributed by atoms with Crippen molar-refractivity contribution in [3.05, 3.63) is 54.1 Å². The molecule has 2 N–H and O–H groups in total. The van der Waals surface area contributed by atoms with Crippen molar-refractivity contribution in [1.82, 2.24) is 20.2 Å². The number of halogens is 1. The molecule has 0 amide bonds. The summed E-state index contributed by atoms with van der Waals surface area (Å²) >= 11 is 0. The molecule has 172 valence electrons. The minimum atomic E-state index is 0. The van der Waals surface area contributed by atoms with Crippen LogP contribution in [0, 0.1) is 5.92 Å². The number of aromatic nitrogens is 2. The summed E-state index contributed by atoms with van der Waals surface area (Å²) in [5.74, 6) is 2.37. The number of imidazole rings is 1. The summed E-state index contributed by atoms with van der Waals surface area (Å²) in [4.78, 5) is 9.20. The van der Waals surface area contributed by atoms with Crippen LogP contribution in [-0.4, -0.2) is 55.0 Å². The highest BCUT2D eigenvalue weighted by Crippen LogP contribution is 2.12. The molecule has 2 aromatic rings. The number of aliphatic imine (C=N–C) groups is 1. The van der Waals surface area contributed by atoms with Gasteiger partial charge < -0.3 is 24.7 Å². The van der Waals surface area contributed by atoms with Crippen LogP contribution in [0.2, 0.25) is 0 Å². The van der Waals surface area contributed by atoms with E-state index in [4.69, 9.17) is 14.5 Å². The van der Waals surface area contributed by atoms with Gasteiger partial charge in [0.05, 0.1) is 13.2 Å². The lowest BCUT2D eigenvalue weighted by atomic mass is 10.1. The largest absolute Gasteiger partial charge is 0.381 e. The van der Waals surface area contributed by atoms with Gasteiger partial charge in [0.1, 0.15) is 12.4 Å². The smallest absolute Gasteiger partial charge is 0.191 e. The fourth-order valence-corrected chi connectivity index (χ4v) is 3.43. The zero-order valence-corrected chi connectivity index (χ0v) is 20.8. The summed E-state index contributed by atoms with van der Waals surface area (Å²) in [5, 5.41) is 6.69. The average Bonchev–Trinajstić information content (AvgIpc) is 3.45. The predicted octanol–water partition coefficient (Wildman–Crippen LogP) is 3.24. The minimum absolute atomic E-state index is 0. The van der Waals surface area contributed by atoms with Crippen LogP contribution in [-0.2, 0) is 29.0 Å². The molecule has 2 heterocycles. The average molecular weight is 541 g/mol. The summed E-state index contributed by atoms with van der Waals surface area (Å²) in [7, 11) is 0. The Balaban J connectivity index is 0.00000341. The van der Waals surface area contributed by atoms with Crippen molar-refractivity contribution in [3.8, 4) is 0 Å². The maximum absolute atomic E-state index is 5.76. The van der Waals surface area contributed by atoms with E-state index in [1.165, 1.54) is 5.56 Å². The van der Waals surface area contributed by atoms with Crippen molar-refractivity contribution in [1.29, 1.82) is 0 Å². The molecule has 3 rings (SSSR count). The van der Waals surface area contributed by atoms with Crippen LogP contribution in [0.4, 0.5) is 0 Å². The first-order chi connectivity index (χ1) is 14.8. The van der Waals surface area contributed by atoms with Gasteiger partial charge in [0.15, 0.2) is 5.96 Å². The van der Waals surface area contributed by atoms with Gasteiger partial charge in [-0.15, -0.1) is 24.0 Å². The van der Waals surface area contributed by atoms with Gasteiger partial charge in [-0.25, -0.2) is 9.98 Å². The number of ether oxygens (including phenoxy) is 2. The van der Waals surface area contributed by atoms with Gasteiger partial charge in [0, 0.05) is 51.2 Å². The number of nitrogens with zero attached hydrogens (tertiary/aromatic N) is 3. The molecule has 8 heteroatoms. The third-order valence-electron chi connectivity index (χ3n) is 5.14. The lowest BCUT2D eigenvalue weighted by Gasteiger charge is -2.12. The lowest BCUT2D eigenvalue weighted by molar-refractivity contribution is 0.0888. The molecule has 0 radical (unpaired) electrons. The number of nitrogens with one attached hydrogen (secondary N) is 2. The quantitative estimate of drug-likeness (QED) is 0.187. The highest BCUT2D eigenvalue weighted by atomic mass is 127. The molecule has 7 nitrogen and oxygen atoms in total. The van der Waals surface area contributed by atoms with Gasteiger partial charge in [0.25, 0.3) is 0 Å². The number of hydrogen-bond donors (Lipinski definition) is 2. The lowest BCUT2D eigenvalue weighted by Crippen LogP contribution is -2.38. The first-order valence-corrected chi connectivity index (χ1v) is 11.1. The Hall–Kier alpha value is -1.65. The van der Waals surface area contributed by atoms with E-state index in [0.29, 0.717) is 12.5 Å². The number of benzene rings is 1. The van der Waals surface area contributed by atoms with Crippen molar-refractivity contribution >= 4 is 29.9 Å². The molecule has 0 saturated carbocycles. The first-order valence-electron chi connectivity index (χ1n) is 11.1. The van der Waals surface area contributed by atoms with Gasteiger partial charge in [-0.1, -0.05) is 30.3 Å². The third-order valence-corrected chi connectivity index (χ3v) is 5.14. The zero-order chi connectivity index (χ0) is 20.9. The Kier molecular flexibility index (Phi) is 12.6. The Labute approximate surface area is 203 Å². The predicted molar refractivity (Wildman–Crippen MR) is 135 cm³/mol. The van der Waals surface area contributed by atoms with Gasteiger partial charge in [-0.3, -0.25) is 0 Å². The monoisotopic (exact) mass is 541 g/mol. The number of rotatable bonds is 12. The van der Waals surface area contributed by atoms with Gasteiger partial charge in [-0.05, 0) is 31.7 Å². The first kappa shape index (κ1) is 25.6. The third kappa shape index (κ3) is 9.57. The van der Waals surface area contributed by atoms with E-state index >= 15 is 0 Å². The molecule has 0 spiro atoms. The van der Waals surface area contributed by atoms with Crippen molar-refractivity contribution in [2.75, 3.05) is 39.5 Å². The van der Waals surface area contributed by atoms with Crippen LogP contribution in [0.25, 0.3) is 0 Å². The van der Waals surface area contributed by atoms with Crippen molar-refractivity contribution in [3.63, 3.8) is 0 Å². The van der Waals surface area contributed by atoms with Crippen LogP contribution >= 0.6 is 24.0 Å². The summed E-state index contributed by atoms with van der Waals surface area (Å²) in [6.07, 6.45) is 6.93. The van der Waals surface area contributed by atoms with E-state index in [9.17, 15) is 0 Å². The zero-order valence-electron chi connectivity index (χ0n) is 18.5. The second-order valence-electron chi connectivity index (χ2n) is 7.55. The van der Waals surface area contributed by atoms with Crippen molar-refractivity contribution in [2.24, 2.45) is 10.9 Å². The van der Waals surface area contributed by atoms with Crippen LogP contribution in [0.3, 0.4) is 0 Å². The van der Waals surface area contributed by atoms with E-state index in [1.807, 2.05) is 18.5 Å². The van der Waals surface area contributed by atoms with E-state index < -0.39 is 0 Å². The van der Waals surface area contributed by atoms with Gasteiger partial charge in [0.2, 0.25) is 0 Å². The number of hydrogen-bond acceptors (Lipinski definition) is 4. The van der Waals surface area contributed by atoms with E-state index in [-0.39, 0.29) is 24.0 Å². The number of guanidine groups is 1. The molecular formula is C23H36IN5O2. The Morgan fingerprint density at radius 2 is 2.16 bits per heavy atom. The van der Waals surface area contributed by atoms with E-state index in [1.54, 1.807) is 0 Å². The van der Waals surface area contributed by atoms with E-state index in [0.717, 1.165) is 77.1 Å². The van der Waals surface area contributed by atoms with Crippen molar-refractivity contribution in [2.45, 2.75) is 39.3 Å². The standard InChI is InChI=1S/C23H35N5O2.HI/c1-2-24-23(26-11-6-15-29-18-21-10-16-30-19-21)27-17-22-25-12-14-28(22)13-9-20-7-4-3-5-8-20;/h3-5,7-8,12,14,21H,2,6,9-11,13,15-19H2,1H3,(H2,24,26,27);1H. The number of aryl methyl sites for hydroxylation is 2. The second kappa shape index (κ2) is 15.2. The molecule has 31 heavy (non-hydrogen) atoms. The Morgan fingerprint density at radius 1 is 1.29 bits per heavy atom. The molecule has 1 aliphatic heterocycles. The Bertz CT molecular complexity index is 747. The van der Waals surface area contributed by atoms with Crippen LogP contribution in [0.15, 0.2) is 47.7 Å². The normalized spacial score (nSPS) is 16.2. The molecule has 1 unspecified atom stereocenters. The summed E-state index contributed by atoms with van der Waals surface area (Å²) in [6.45, 7) is 8.47. The van der Waals surface area contributed by atoms with Gasteiger partial charge in [-0.2, -0.15) is 0 Å². The summed E-state index contributed by atoms with van der Waals surface area (Å²) < 4.78 is 13.3.